The lowest BCUT2D eigenvalue weighted by atomic mass is 9.99. The minimum Gasteiger partial charge on any atom is -0.497 e. The van der Waals surface area contributed by atoms with Gasteiger partial charge in [0.15, 0.2) is 0 Å². The Hall–Kier alpha value is -2.53. The van der Waals surface area contributed by atoms with Gasteiger partial charge in [0.25, 0.3) is 0 Å². The number of carbonyl (C=O) groups is 1. The first-order valence-electron chi connectivity index (χ1n) is 8.46. The van der Waals surface area contributed by atoms with Gasteiger partial charge in [0.1, 0.15) is 5.75 Å². The van der Waals surface area contributed by atoms with Gasteiger partial charge in [-0.15, -0.1) is 0 Å². The van der Waals surface area contributed by atoms with Crippen LogP contribution in [0, 0.1) is 0 Å². The van der Waals surface area contributed by atoms with Crippen LogP contribution in [0.25, 0.3) is 0 Å². The molecule has 0 unspecified atom stereocenters. The summed E-state index contributed by atoms with van der Waals surface area (Å²) in [4.78, 5) is 14.0. The molecule has 0 saturated heterocycles. The Morgan fingerprint density at radius 1 is 1.20 bits per heavy atom. The fraction of sp³-hybridized carbons (Fsp3) is 0.350. The zero-order valence-electron chi connectivity index (χ0n) is 14.7. The number of benzene rings is 2. The van der Waals surface area contributed by atoms with Gasteiger partial charge in [0, 0.05) is 26.6 Å². The standard InChI is InChI=1S/C20H24N2O3/c1-22(13-19-11-16-5-3-4-6-17(16)14-25-19)20(23)21-12-15-7-9-18(24-2)10-8-15/h3-10,19H,11-14H2,1-2H3,(H,21,23)/t19-/m1/s1. The third-order valence-electron chi connectivity index (χ3n) is 4.47. The average molecular weight is 340 g/mol. The molecule has 0 radical (unpaired) electrons. The van der Waals surface area contributed by atoms with E-state index in [9.17, 15) is 4.79 Å². The van der Waals surface area contributed by atoms with Crippen LogP contribution in [0.4, 0.5) is 4.79 Å². The second kappa shape index (κ2) is 8.03. The minimum absolute atomic E-state index is 0.0339. The summed E-state index contributed by atoms with van der Waals surface area (Å²) in [7, 11) is 3.44. The van der Waals surface area contributed by atoms with Crippen molar-refractivity contribution in [2.75, 3.05) is 20.7 Å². The van der Waals surface area contributed by atoms with Gasteiger partial charge < -0.3 is 19.7 Å². The van der Waals surface area contributed by atoms with Crippen molar-refractivity contribution in [1.29, 1.82) is 0 Å². The van der Waals surface area contributed by atoms with Crippen LogP contribution in [0.5, 0.6) is 5.75 Å². The number of ether oxygens (including phenoxy) is 2. The van der Waals surface area contributed by atoms with Gasteiger partial charge in [-0.2, -0.15) is 0 Å². The number of hydrogen-bond donors (Lipinski definition) is 1. The van der Waals surface area contributed by atoms with Gasteiger partial charge in [-0.05, 0) is 28.8 Å². The van der Waals surface area contributed by atoms with E-state index in [1.165, 1.54) is 11.1 Å². The van der Waals surface area contributed by atoms with Crippen molar-refractivity contribution < 1.29 is 14.3 Å². The number of rotatable bonds is 5. The molecule has 0 bridgehead atoms. The summed E-state index contributed by atoms with van der Waals surface area (Å²) in [6, 6.07) is 15.9. The number of fused-ring (bicyclic) bond motifs is 1. The molecule has 1 atom stereocenters. The Morgan fingerprint density at radius 2 is 1.92 bits per heavy atom. The smallest absolute Gasteiger partial charge is 0.317 e. The van der Waals surface area contributed by atoms with Gasteiger partial charge >= 0.3 is 6.03 Å². The Kier molecular flexibility index (Phi) is 5.56. The quantitative estimate of drug-likeness (QED) is 0.910. The summed E-state index contributed by atoms with van der Waals surface area (Å²) in [6.45, 7) is 1.67. The molecule has 0 aliphatic carbocycles. The number of urea groups is 1. The van der Waals surface area contributed by atoms with Gasteiger partial charge in [0.2, 0.25) is 0 Å². The highest BCUT2D eigenvalue weighted by Gasteiger charge is 2.21. The largest absolute Gasteiger partial charge is 0.497 e. The molecule has 0 aromatic heterocycles. The number of hydrogen-bond acceptors (Lipinski definition) is 3. The van der Waals surface area contributed by atoms with Crippen molar-refractivity contribution in [3.63, 3.8) is 0 Å². The number of nitrogens with one attached hydrogen (secondary N) is 1. The van der Waals surface area contributed by atoms with E-state index < -0.39 is 0 Å². The Balaban J connectivity index is 1.47. The lowest BCUT2D eigenvalue weighted by molar-refractivity contribution is 0.0150. The number of carbonyl (C=O) groups excluding carboxylic acids is 1. The molecule has 0 fully saturated rings. The van der Waals surface area contributed by atoms with Crippen molar-refractivity contribution in [3.05, 3.63) is 65.2 Å². The fourth-order valence-electron chi connectivity index (χ4n) is 2.97. The molecular formula is C20H24N2O3. The predicted octanol–water partition coefficient (Wildman–Crippen LogP) is 2.98. The molecule has 1 aliphatic heterocycles. The Morgan fingerprint density at radius 3 is 2.64 bits per heavy atom. The van der Waals surface area contributed by atoms with Crippen LogP contribution in [0.2, 0.25) is 0 Å². The first-order chi connectivity index (χ1) is 12.2. The number of nitrogens with zero attached hydrogens (tertiary/aromatic N) is 1. The monoisotopic (exact) mass is 340 g/mol. The summed E-state index contributed by atoms with van der Waals surface area (Å²) in [5.74, 6) is 0.807. The summed E-state index contributed by atoms with van der Waals surface area (Å²) in [5.41, 5.74) is 3.58. The molecule has 1 aliphatic rings. The summed E-state index contributed by atoms with van der Waals surface area (Å²) >= 11 is 0. The van der Waals surface area contributed by atoms with E-state index in [0.717, 1.165) is 17.7 Å². The summed E-state index contributed by atoms with van der Waals surface area (Å²) in [5, 5.41) is 2.94. The van der Waals surface area contributed by atoms with Crippen molar-refractivity contribution in [2.45, 2.75) is 25.7 Å². The van der Waals surface area contributed by atoms with Crippen LogP contribution in [0.15, 0.2) is 48.5 Å². The molecular weight excluding hydrogens is 316 g/mol. The first kappa shape index (κ1) is 17.3. The second-order valence-electron chi connectivity index (χ2n) is 6.29. The Labute approximate surface area is 148 Å². The minimum atomic E-state index is -0.0988. The second-order valence-corrected chi connectivity index (χ2v) is 6.29. The maximum Gasteiger partial charge on any atom is 0.317 e. The van der Waals surface area contributed by atoms with Gasteiger partial charge in [-0.25, -0.2) is 4.79 Å². The highest BCUT2D eigenvalue weighted by Crippen LogP contribution is 2.20. The lowest BCUT2D eigenvalue weighted by Crippen LogP contribution is -2.43. The number of likely N-dealkylation sites (N-methyl/N-ethyl adjacent to an activating group) is 1. The van der Waals surface area contributed by atoms with E-state index in [4.69, 9.17) is 9.47 Å². The van der Waals surface area contributed by atoms with E-state index >= 15 is 0 Å². The normalized spacial score (nSPS) is 16.0. The maximum absolute atomic E-state index is 12.3. The van der Waals surface area contributed by atoms with E-state index in [0.29, 0.717) is 19.7 Å². The third kappa shape index (κ3) is 4.51. The molecule has 2 amide bonds. The van der Waals surface area contributed by atoms with E-state index in [1.54, 1.807) is 19.1 Å². The van der Waals surface area contributed by atoms with Gasteiger partial charge in [-0.1, -0.05) is 36.4 Å². The zero-order valence-corrected chi connectivity index (χ0v) is 14.7. The van der Waals surface area contributed by atoms with Crippen molar-refractivity contribution >= 4 is 6.03 Å². The maximum atomic E-state index is 12.3. The predicted molar refractivity (Wildman–Crippen MR) is 96.6 cm³/mol. The molecule has 3 rings (SSSR count). The fourth-order valence-corrected chi connectivity index (χ4v) is 2.97. The van der Waals surface area contributed by atoms with Crippen molar-refractivity contribution in [1.82, 2.24) is 10.2 Å². The SMILES string of the molecule is COc1ccc(CNC(=O)N(C)C[C@H]2Cc3ccccc3CO2)cc1. The van der Waals surface area contributed by atoms with Crippen molar-refractivity contribution in [2.24, 2.45) is 0 Å². The van der Waals surface area contributed by atoms with Crippen LogP contribution in [-0.2, 0) is 24.3 Å². The van der Waals surface area contributed by atoms with Crippen LogP contribution in [0.1, 0.15) is 16.7 Å². The van der Waals surface area contributed by atoms with E-state index in [2.05, 4.69) is 17.4 Å². The summed E-state index contributed by atoms with van der Waals surface area (Å²) in [6.07, 6.45) is 0.873. The van der Waals surface area contributed by atoms with Gasteiger partial charge in [0.05, 0.1) is 19.8 Å². The highest BCUT2D eigenvalue weighted by molar-refractivity contribution is 5.73. The molecule has 25 heavy (non-hydrogen) atoms. The molecule has 5 nitrogen and oxygen atoms in total. The highest BCUT2D eigenvalue weighted by atomic mass is 16.5. The van der Waals surface area contributed by atoms with Crippen LogP contribution in [0.3, 0.4) is 0 Å². The van der Waals surface area contributed by atoms with Crippen LogP contribution in [-0.4, -0.2) is 37.7 Å². The Bertz CT molecular complexity index is 715. The topological polar surface area (TPSA) is 50.8 Å². The number of methoxy groups -OCH3 is 1. The molecule has 2 aromatic rings. The molecule has 1 N–H and O–H groups in total. The van der Waals surface area contributed by atoms with Crippen molar-refractivity contribution in [3.8, 4) is 5.75 Å². The third-order valence-corrected chi connectivity index (χ3v) is 4.47. The molecule has 0 spiro atoms. The van der Waals surface area contributed by atoms with Gasteiger partial charge in [-0.3, -0.25) is 0 Å². The zero-order chi connectivity index (χ0) is 17.6. The molecule has 2 aromatic carbocycles. The van der Waals surface area contributed by atoms with E-state index in [-0.39, 0.29) is 12.1 Å². The van der Waals surface area contributed by atoms with Crippen LogP contribution >= 0.6 is 0 Å². The molecule has 1 heterocycles. The lowest BCUT2D eigenvalue weighted by Gasteiger charge is -2.29. The molecule has 5 heteroatoms. The van der Waals surface area contributed by atoms with E-state index in [1.807, 2.05) is 36.4 Å². The molecule has 0 saturated carbocycles. The summed E-state index contributed by atoms with van der Waals surface area (Å²) < 4.78 is 11.0. The first-order valence-corrected chi connectivity index (χ1v) is 8.46. The average Bonchev–Trinajstić information content (AvgIpc) is 2.66. The molecule has 132 valence electrons. The van der Waals surface area contributed by atoms with Crippen LogP contribution < -0.4 is 10.1 Å². The number of amides is 2.